The Morgan fingerprint density at radius 2 is 2.03 bits per heavy atom. The number of fused-ring (bicyclic) bond motifs is 1. The van der Waals surface area contributed by atoms with Crippen molar-refractivity contribution < 1.29 is 9.59 Å². The molecule has 6 nitrogen and oxygen atoms in total. The lowest BCUT2D eigenvalue weighted by Crippen LogP contribution is -2.45. The van der Waals surface area contributed by atoms with E-state index in [2.05, 4.69) is 26.2 Å². The Morgan fingerprint density at radius 1 is 1.22 bits per heavy atom. The van der Waals surface area contributed by atoms with Gasteiger partial charge in [-0.15, -0.1) is 0 Å². The second-order valence-electron chi connectivity index (χ2n) is 8.48. The van der Waals surface area contributed by atoms with Crippen LogP contribution in [0, 0.1) is 12.8 Å². The number of likely N-dealkylation sites (tertiary alicyclic amines) is 1. The number of nitrogens with zero attached hydrogens (tertiary/aromatic N) is 2. The first kappa shape index (κ1) is 21.2. The van der Waals surface area contributed by atoms with Crippen LogP contribution >= 0.6 is 27.3 Å². The molecule has 1 aliphatic heterocycles. The van der Waals surface area contributed by atoms with Crippen molar-refractivity contribution in [3.63, 3.8) is 0 Å². The fourth-order valence-corrected chi connectivity index (χ4v) is 5.81. The van der Waals surface area contributed by atoms with Crippen molar-refractivity contribution in [2.24, 2.45) is 5.92 Å². The summed E-state index contributed by atoms with van der Waals surface area (Å²) in [7, 11) is 0. The van der Waals surface area contributed by atoms with Crippen molar-refractivity contribution in [2.45, 2.75) is 31.8 Å². The number of nitrogens with one attached hydrogen (secondary N) is 1. The normalized spacial score (nSPS) is 21.3. The van der Waals surface area contributed by atoms with Gasteiger partial charge in [0.05, 0.1) is 10.9 Å². The van der Waals surface area contributed by atoms with Gasteiger partial charge in [0.25, 0.3) is 11.8 Å². The van der Waals surface area contributed by atoms with Crippen molar-refractivity contribution in [3.05, 3.63) is 69.8 Å². The molecule has 2 amide bonds. The van der Waals surface area contributed by atoms with E-state index in [1.807, 2.05) is 48.2 Å². The smallest absolute Gasteiger partial charge is 0.274 e. The number of nitrogens with two attached hydrogens (primary N) is 1. The van der Waals surface area contributed by atoms with E-state index in [1.54, 1.807) is 12.1 Å². The van der Waals surface area contributed by atoms with E-state index in [-0.39, 0.29) is 23.9 Å². The predicted octanol–water partition coefficient (Wildman–Crippen LogP) is 4.50. The number of anilines is 1. The molecule has 2 heterocycles. The largest absolute Gasteiger partial charge is 0.375 e. The molecule has 3 N–H and O–H groups in total. The molecule has 2 fully saturated rings. The van der Waals surface area contributed by atoms with Gasteiger partial charge in [-0.1, -0.05) is 63.2 Å². The molecule has 2 aliphatic rings. The summed E-state index contributed by atoms with van der Waals surface area (Å²) in [4.78, 5) is 33.4. The lowest BCUT2D eigenvalue weighted by atomic mass is 10.1. The molecule has 0 spiro atoms. The maximum absolute atomic E-state index is 13.6. The first-order valence-corrected chi connectivity index (χ1v) is 12.2. The van der Waals surface area contributed by atoms with Gasteiger partial charge in [-0.2, -0.15) is 0 Å². The molecule has 1 aromatic heterocycles. The second kappa shape index (κ2) is 8.33. The number of nitrogen functional groups attached to an aromatic ring is 1. The molecule has 0 bridgehead atoms. The van der Waals surface area contributed by atoms with Crippen molar-refractivity contribution in [1.29, 1.82) is 0 Å². The highest BCUT2D eigenvalue weighted by Gasteiger charge is 2.54. The van der Waals surface area contributed by atoms with Crippen LogP contribution in [-0.2, 0) is 0 Å². The van der Waals surface area contributed by atoms with Gasteiger partial charge >= 0.3 is 0 Å². The Morgan fingerprint density at radius 3 is 2.81 bits per heavy atom. The van der Waals surface area contributed by atoms with Gasteiger partial charge in [-0.3, -0.25) is 9.59 Å². The highest BCUT2D eigenvalue weighted by molar-refractivity contribution is 9.10. The Hall–Kier alpha value is -2.71. The summed E-state index contributed by atoms with van der Waals surface area (Å²) in [6, 6.07) is 15.5. The van der Waals surface area contributed by atoms with Gasteiger partial charge in [0.1, 0.15) is 5.69 Å². The van der Waals surface area contributed by atoms with Gasteiger partial charge in [0.15, 0.2) is 5.13 Å². The van der Waals surface area contributed by atoms with E-state index in [4.69, 9.17) is 5.73 Å². The van der Waals surface area contributed by atoms with Crippen LogP contribution in [0.1, 0.15) is 39.3 Å². The van der Waals surface area contributed by atoms with Crippen LogP contribution in [0.15, 0.2) is 53.0 Å². The molecule has 5 rings (SSSR count). The lowest BCUT2D eigenvalue weighted by Gasteiger charge is -2.27. The topological polar surface area (TPSA) is 88.3 Å². The van der Waals surface area contributed by atoms with E-state index in [0.717, 1.165) is 33.3 Å². The minimum atomic E-state index is -0.141. The molecule has 164 valence electrons. The van der Waals surface area contributed by atoms with Crippen LogP contribution < -0.4 is 11.1 Å². The minimum absolute atomic E-state index is 0.0457. The quantitative estimate of drug-likeness (QED) is 0.528. The van der Waals surface area contributed by atoms with Crippen molar-refractivity contribution in [2.75, 3.05) is 12.3 Å². The standard InChI is InChI=1S/C24H23BrN4O2S/c1-13-4-2-5-14(8-13)21-20(28-24(26)32-21)23(31)29-18(10-16-11-19(16)29)12-27-22(30)15-6-3-7-17(25)9-15/h2-9,16,18-19H,10-12H2,1H3,(H2,26,28)(H,27,30)/t16-,18+,19+/m1/s1. The van der Waals surface area contributed by atoms with Crippen LogP contribution in [0.5, 0.6) is 0 Å². The lowest BCUT2D eigenvalue weighted by molar-refractivity contribution is 0.0685. The van der Waals surface area contributed by atoms with Crippen LogP contribution in [0.2, 0.25) is 0 Å². The third kappa shape index (κ3) is 4.04. The zero-order chi connectivity index (χ0) is 22.4. The maximum Gasteiger partial charge on any atom is 0.274 e. The third-order valence-corrected chi connectivity index (χ3v) is 7.58. The van der Waals surface area contributed by atoms with Crippen molar-refractivity contribution in [1.82, 2.24) is 15.2 Å². The number of rotatable bonds is 5. The monoisotopic (exact) mass is 510 g/mol. The number of carbonyl (C=O) groups excluding carboxylic acids is 2. The number of benzene rings is 2. The number of hydrogen-bond acceptors (Lipinski definition) is 5. The second-order valence-corrected chi connectivity index (χ2v) is 10.4. The summed E-state index contributed by atoms with van der Waals surface area (Å²) in [6.07, 6.45) is 1.91. The number of halogens is 1. The summed E-state index contributed by atoms with van der Waals surface area (Å²) in [5.74, 6) is 0.268. The Kier molecular flexibility index (Phi) is 5.51. The molecule has 3 aromatic rings. The number of thiazole rings is 1. The van der Waals surface area contributed by atoms with E-state index >= 15 is 0 Å². The predicted molar refractivity (Wildman–Crippen MR) is 130 cm³/mol. The van der Waals surface area contributed by atoms with E-state index in [0.29, 0.717) is 28.9 Å². The summed E-state index contributed by atoms with van der Waals surface area (Å²) in [5, 5.41) is 3.39. The zero-order valence-corrected chi connectivity index (χ0v) is 19.9. The molecule has 32 heavy (non-hydrogen) atoms. The van der Waals surface area contributed by atoms with Gasteiger partial charge < -0.3 is 16.0 Å². The van der Waals surface area contributed by atoms with Gasteiger partial charge in [-0.05, 0) is 49.4 Å². The molecule has 1 saturated heterocycles. The molecular formula is C24H23BrN4O2S. The van der Waals surface area contributed by atoms with Gasteiger partial charge in [0, 0.05) is 22.6 Å². The van der Waals surface area contributed by atoms with Crippen molar-refractivity contribution >= 4 is 44.2 Å². The van der Waals surface area contributed by atoms with Gasteiger partial charge in [0.2, 0.25) is 0 Å². The fourth-order valence-electron chi connectivity index (χ4n) is 4.59. The Balaban J connectivity index is 1.36. The maximum atomic E-state index is 13.6. The number of amides is 2. The van der Waals surface area contributed by atoms with Crippen LogP contribution in [-0.4, -0.2) is 40.3 Å². The number of aromatic nitrogens is 1. The molecule has 2 aromatic carbocycles. The number of aryl methyl sites for hydroxylation is 1. The third-order valence-electron chi connectivity index (χ3n) is 6.16. The molecule has 8 heteroatoms. The van der Waals surface area contributed by atoms with Gasteiger partial charge in [-0.25, -0.2) is 4.98 Å². The van der Waals surface area contributed by atoms with Crippen LogP contribution in [0.4, 0.5) is 5.13 Å². The Bertz CT molecular complexity index is 1210. The summed E-state index contributed by atoms with van der Waals surface area (Å²) in [6.45, 7) is 2.44. The number of hydrogen-bond donors (Lipinski definition) is 2. The average Bonchev–Trinajstić information content (AvgIpc) is 3.26. The summed E-state index contributed by atoms with van der Waals surface area (Å²) in [5.41, 5.74) is 9.09. The minimum Gasteiger partial charge on any atom is -0.375 e. The molecule has 0 unspecified atom stereocenters. The molecule has 0 radical (unpaired) electrons. The van der Waals surface area contributed by atoms with E-state index < -0.39 is 0 Å². The first-order chi connectivity index (χ1) is 15.4. The van der Waals surface area contributed by atoms with Crippen molar-refractivity contribution in [3.8, 4) is 10.4 Å². The molecular weight excluding hydrogens is 488 g/mol. The highest BCUT2D eigenvalue weighted by atomic mass is 79.9. The summed E-state index contributed by atoms with van der Waals surface area (Å²) >= 11 is 4.74. The number of piperidine rings is 1. The average molecular weight is 511 g/mol. The molecule has 1 saturated carbocycles. The fraction of sp³-hybridized carbons (Fsp3) is 0.292. The zero-order valence-electron chi connectivity index (χ0n) is 17.5. The highest BCUT2D eigenvalue weighted by Crippen LogP contribution is 2.49. The van der Waals surface area contributed by atoms with Crippen LogP contribution in [0.25, 0.3) is 10.4 Å². The van der Waals surface area contributed by atoms with E-state index in [9.17, 15) is 9.59 Å². The molecule has 3 atom stereocenters. The summed E-state index contributed by atoms with van der Waals surface area (Å²) < 4.78 is 0.855. The SMILES string of the molecule is Cc1cccc(-c2sc(N)nc2C(=O)N2[C@H](CNC(=O)c3cccc(Br)c3)C[C@@H]3C[C@@H]32)c1. The Labute approximate surface area is 199 Å². The van der Waals surface area contributed by atoms with Crippen LogP contribution in [0.3, 0.4) is 0 Å². The first-order valence-electron chi connectivity index (χ1n) is 10.6. The van der Waals surface area contributed by atoms with E-state index in [1.165, 1.54) is 11.3 Å². The molecule has 1 aliphatic carbocycles. The number of carbonyl (C=O) groups is 2.